The molecule has 6 nitrogen and oxygen atoms in total. The number of nitrogens with two attached hydrogens (primary N) is 1. The SMILES string of the molecule is Cc1ccc([C@@H]2CC(c3ccc(C)cc3C)=NN2C(=O)CN2CCC(C(N)=O)CC2)cc1. The molecule has 0 unspecified atom stereocenters. The van der Waals surface area contributed by atoms with E-state index in [0.717, 1.165) is 16.8 Å². The Morgan fingerprint density at radius 1 is 1.00 bits per heavy atom. The molecule has 0 spiro atoms. The molecule has 0 aromatic heterocycles. The lowest BCUT2D eigenvalue weighted by Crippen LogP contribution is -2.44. The minimum Gasteiger partial charge on any atom is -0.369 e. The molecule has 2 aliphatic rings. The Bertz CT molecular complexity index is 1040. The van der Waals surface area contributed by atoms with Crippen molar-refractivity contribution in [3.63, 3.8) is 0 Å². The average molecular weight is 433 g/mol. The van der Waals surface area contributed by atoms with Crippen molar-refractivity contribution < 1.29 is 9.59 Å². The van der Waals surface area contributed by atoms with E-state index in [1.54, 1.807) is 5.01 Å². The summed E-state index contributed by atoms with van der Waals surface area (Å²) in [6.45, 7) is 7.96. The van der Waals surface area contributed by atoms with E-state index in [2.05, 4.69) is 68.1 Å². The van der Waals surface area contributed by atoms with Gasteiger partial charge < -0.3 is 5.73 Å². The zero-order valence-electron chi connectivity index (χ0n) is 19.2. The van der Waals surface area contributed by atoms with E-state index in [-0.39, 0.29) is 23.8 Å². The highest BCUT2D eigenvalue weighted by Gasteiger charge is 2.35. The predicted molar refractivity (Wildman–Crippen MR) is 126 cm³/mol. The van der Waals surface area contributed by atoms with E-state index in [0.29, 0.717) is 38.9 Å². The van der Waals surface area contributed by atoms with Crippen LogP contribution in [0.2, 0.25) is 0 Å². The third kappa shape index (κ3) is 4.75. The van der Waals surface area contributed by atoms with Crippen molar-refractivity contribution in [2.45, 2.75) is 46.1 Å². The molecule has 2 heterocycles. The molecule has 2 amide bonds. The zero-order chi connectivity index (χ0) is 22.8. The minimum absolute atomic E-state index is 0.00661. The first-order valence-electron chi connectivity index (χ1n) is 11.4. The quantitative estimate of drug-likeness (QED) is 0.786. The molecule has 168 valence electrons. The van der Waals surface area contributed by atoms with Gasteiger partial charge in [0, 0.05) is 17.9 Å². The monoisotopic (exact) mass is 432 g/mol. The number of rotatable bonds is 5. The fourth-order valence-corrected chi connectivity index (χ4v) is 4.73. The first kappa shape index (κ1) is 22.2. The largest absolute Gasteiger partial charge is 0.369 e. The fraction of sp³-hybridized carbons (Fsp3) is 0.423. The van der Waals surface area contributed by atoms with Crippen LogP contribution in [0.5, 0.6) is 0 Å². The van der Waals surface area contributed by atoms with Gasteiger partial charge in [-0.3, -0.25) is 14.5 Å². The Balaban J connectivity index is 1.56. The Labute approximate surface area is 190 Å². The van der Waals surface area contributed by atoms with E-state index in [4.69, 9.17) is 10.8 Å². The Morgan fingerprint density at radius 3 is 2.28 bits per heavy atom. The van der Waals surface area contributed by atoms with Crippen LogP contribution in [0.1, 0.15) is 53.1 Å². The molecule has 0 saturated carbocycles. The molecule has 2 N–H and O–H groups in total. The maximum Gasteiger partial charge on any atom is 0.257 e. The Hall–Kier alpha value is -2.99. The molecule has 0 radical (unpaired) electrons. The van der Waals surface area contributed by atoms with Crippen LogP contribution in [0, 0.1) is 26.7 Å². The maximum absolute atomic E-state index is 13.4. The summed E-state index contributed by atoms with van der Waals surface area (Å²) < 4.78 is 0. The molecule has 2 aromatic carbocycles. The van der Waals surface area contributed by atoms with Crippen LogP contribution in [0.4, 0.5) is 0 Å². The molecule has 1 fully saturated rings. The van der Waals surface area contributed by atoms with Crippen molar-refractivity contribution in [1.82, 2.24) is 9.91 Å². The summed E-state index contributed by atoms with van der Waals surface area (Å²) >= 11 is 0. The van der Waals surface area contributed by atoms with Crippen LogP contribution in [0.25, 0.3) is 0 Å². The molecule has 0 bridgehead atoms. The lowest BCUT2D eigenvalue weighted by atomic mass is 9.95. The van der Waals surface area contributed by atoms with Crippen LogP contribution < -0.4 is 5.73 Å². The zero-order valence-corrected chi connectivity index (χ0v) is 19.2. The standard InChI is InChI=1S/C26H32N4O2/c1-17-4-7-20(8-5-17)24-15-23(22-9-6-18(2)14-19(22)3)28-30(24)25(31)16-29-12-10-21(11-13-29)26(27)32/h4-9,14,21,24H,10-13,15-16H2,1-3H3,(H2,27,32)/t24-/m0/s1. The fourth-order valence-electron chi connectivity index (χ4n) is 4.73. The third-order valence-corrected chi connectivity index (χ3v) is 6.67. The molecule has 1 saturated heterocycles. The highest BCUT2D eigenvalue weighted by atomic mass is 16.2. The summed E-state index contributed by atoms with van der Waals surface area (Å²) in [5, 5.41) is 6.52. The van der Waals surface area contributed by atoms with Gasteiger partial charge in [0.15, 0.2) is 0 Å². The van der Waals surface area contributed by atoms with E-state index in [9.17, 15) is 9.59 Å². The number of piperidine rings is 1. The number of hydrogen-bond acceptors (Lipinski definition) is 4. The van der Waals surface area contributed by atoms with E-state index < -0.39 is 0 Å². The van der Waals surface area contributed by atoms with Gasteiger partial charge in [0.2, 0.25) is 5.91 Å². The van der Waals surface area contributed by atoms with Crippen LogP contribution in [0.3, 0.4) is 0 Å². The van der Waals surface area contributed by atoms with Gasteiger partial charge in [0.1, 0.15) is 0 Å². The van der Waals surface area contributed by atoms with Gasteiger partial charge in [-0.2, -0.15) is 5.10 Å². The number of hydrazone groups is 1. The van der Waals surface area contributed by atoms with Crippen molar-refractivity contribution in [1.29, 1.82) is 0 Å². The van der Waals surface area contributed by atoms with Crippen molar-refractivity contribution >= 4 is 17.5 Å². The number of aryl methyl sites for hydroxylation is 3. The number of nitrogens with zero attached hydrogens (tertiary/aromatic N) is 3. The molecule has 1 atom stereocenters. The Morgan fingerprint density at radius 2 is 1.66 bits per heavy atom. The molecular formula is C26H32N4O2. The summed E-state index contributed by atoms with van der Waals surface area (Å²) in [5.74, 6) is -0.326. The normalized spacial score (nSPS) is 19.8. The summed E-state index contributed by atoms with van der Waals surface area (Å²) in [7, 11) is 0. The second-order valence-electron chi connectivity index (χ2n) is 9.19. The minimum atomic E-state index is -0.238. The number of carbonyl (C=O) groups is 2. The Kier molecular flexibility index (Phi) is 6.42. The third-order valence-electron chi connectivity index (χ3n) is 6.67. The summed E-state index contributed by atoms with van der Waals surface area (Å²) in [4.78, 5) is 26.9. The van der Waals surface area contributed by atoms with E-state index >= 15 is 0 Å². The molecule has 2 aliphatic heterocycles. The van der Waals surface area contributed by atoms with E-state index in [1.807, 2.05) is 0 Å². The van der Waals surface area contributed by atoms with Gasteiger partial charge in [-0.25, -0.2) is 5.01 Å². The summed E-state index contributed by atoms with van der Waals surface area (Å²) in [6.07, 6.45) is 2.12. The number of benzene rings is 2. The number of amides is 2. The summed E-state index contributed by atoms with van der Waals surface area (Å²) in [5.41, 5.74) is 12.2. The molecular weight excluding hydrogens is 400 g/mol. The van der Waals surface area contributed by atoms with Crippen LogP contribution in [-0.2, 0) is 9.59 Å². The first-order valence-corrected chi connectivity index (χ1v) is 11.4. The molecule has 6 heteroatoms. The molecule has 0 aliphatic carbocycles. The number of hydrogen-bond donors (Lipinski definition) is 1. The highest BCUT2D eigenvalue weighted by molar-refractivity contribution is 6.04. The smallest absolute Gasteiger partial charge is 0.257 e. The second-order valence-corrected chi connectivity index (χ2v) is 9.19. The first-order chi connectivity index (χ1) is 15.3. The van der Waals surface area contributed by atoms with Crippen molar-refractivity contribution in [3.8, 4) is 0 Å². The molecule has 32 heavy (non-hydrogen) atoms. The predicted octanol–water partition coefficient (Wildman–Crippen LogP) is 3.49. The summed E-state index contributed by atoms with van der Waals surface area (Å²) in [6, 6.07) is 14.6. The van der Waals surface area contributed by atoms with Crippen LogP contribution in [0.15, 0.2) is 47.6 Å². The van der Waals surface area contributed by atoms with Gasteiger partial charge in [-0.05, 0) is 57.8 Å². The molecule has 2 aromatic rings. The van der Waals surface area contributed by atoms with Gasteiger partial charge >= 0.3 is 0 Å². The second kappa shape index (κ2) is 9.25. The van der Waals surface area contributed by atoms with Gasteiger partial charge in [-0.1, -0.05) is 53.6 Å². The maximum atomic E-state index is 13.4. The average Bonchev–Trinajstić information content (AvgIpc) is 3.20. The van der Waals surface area contributed by atoms with E-state index in [1.165, 1.54) is 16.7 Å². The topological polar surface area (TPSA) is 79.0 Å². The van der Waals surface area contributed by atoms with Crippen LogP contribution >= 0.6 is 0 Å². The lowest BCUT2D eigenvalue weighted by Gasteiger charge is -2.31. The highest BCUT2D eigenvalue weighted by Crippen LogP contribution is 2.34. The van der Waals surface area contributed by atoms with Crippen LogP contribution in [-0.4, -0.2) is 47.1 Å². The van der Waals surface area contributed by atoms with Gasteiger partial charge in [0.25, 0.3) is 5.91 Å². The number of likely N-dealkylation sites (tertiary alicyclic amines) is 1. The van der Waals surface area contributed by atoms with Crippen molar-refractivity contribution in [2.24, 2.45) is 16.8 Å². The van der Waals surface area contributed by atoms with Gasteiger partial charge in [-0.15, -0.1) is 0 Å². The number of carbonyl (C=O) groups excluding carboxylic acids is 2. The lowest BCUT2D eigenvalue weighted by molar-refractivity contribution is -0.134. The number of primary amides is 1. The van der Waals surface area contributed by atoms with Crippen molar-refractivity contribution in [3.05, 3.63) is 70.3 Å². The van der Waals surface area contributed by atoms with Crippen molar-refractivity contribution in [2.75, 3.05) is 19.6 Å². The van der Waals surface area contributed by atoms with Gasteiger partial charge in [0.05, 0.1) is 18.3 Å². The molecule has 4 rings (SSSR count).